The summed E-state index contributed by atoms with van der Waals surface area (Å²) in [7, 11) is 0. The topological polar surface area (TPSA) is 59.5 Å². The summed E-state index contributed by atoms with van der Waals surface area (Å²) in [5.74, 6) is -0.287. The number of ether oxygens (including phenoxy) is 1. The number of aryl methyl sites for hydroxylation is 1. The molecule has 2 aromatic rings. The summed E-state index contributed by atoms with van der Waals surface area (Å²) in [4.78, 5) is 30.0. The van der Waals surface area contributed by atoms with Crippen molar-refractivity contribution in [2.75, 3.05) is 18.1 Å². The number of pyridine rings is 1. The molecule has 1 aliphatic rings. The highest BCUT2D eigenvalue weighted by molar-refractivity contribution is 9.10. The smallest absolute Gasteiger partial charge is 0.266 e. The SMILES string of the molecule is Cc1cc(C(=O)CN2C(=O)COc3ccc(Br)nc32)ccc1F. The van der Waals surface area contributed by atoms with Crippen LogP contribution in [-0.4, -0.2) is 29.8 Å². The third-order valence-electron chi connectivity index (χ3n) is 3.49. The van der Waals surface area contributed by atoms with Gasteiger partial charge in [-0.15, -0.1) is 0 Å². The zero-order chi connectivity index (χ0) is 16.6. The van der Waals surface area contributed by atoms with Crippen LogP contribution in [0.4, 0.5) is 10.2 Å². The van der Waals surface area contributed by atoms with Crippen molar-refractivity contribution in [2.45, 2.75) is 6.92 Å². The van der Waals surface area contributed by atoms with Gasteiger partial charge in [0.05, 0.1) is 6.54 Å². The minimum absolute atomic E-state index is 0.147. The van der Waals surface area contributed by atoms with E-state index in [0.29, 0.717) is 27.3 Å². The number of rotatable bonds is 3. The van der Waals surface area contributed by atoms with Crippen molar-refractivity contribution in [1.82, 2.24) is 4.98 Å². The fourth-order valence-corrected chi connectivity index (χ4v) is 2.57. The van der Waals surface area contributed by atoms with Crippen LogP contribution >= 0.6 is 15.9 Å². The molecule has 5 nitrogen and oxygen atoms in total. The van der Waals surface area contributed by atoms with Crippen molar-refractivity contribution in [3.63, 3.8) is 0 Å². The van der Waals surface area contributed by atoms with E-state index in [4.69, 9.17) is 4.74 Å². The van der Waals surface area contributed by atoms with Gasteiger partial charge in [0.2, 0.25) is 0 Å². The molecule has 2 heterocycles. The molecule has 1 aromatic heterocycles. The lowest BCUT2D eigenvalue weighted by Gasteiger charge is -2.27. The predicted molar refractivity (Wildman–Crippen MR) is 85.3 cm³/mol. The predicted octanol–water partition coefficient (Wildman–Crippen LogP) is 2.90. The van der Waals surface area contributed by atoms with Gasteiger partial charge < -0.3 is 4.74 Å². The van der Waals surface area contributed by atoms with Crippen LogP contribution in [0.2, 0.25) is 0 Å². The lowest BCUT2D eigenvalue weighted by Crippen LogP contribution is -2.42. The van der Waals surface area contributed by atoms with Gasteiger partial charge in [-0.1, -0.05) is 0 Å². The molecule has 0 radical (unpaired) electrons. The number of amides is 1. The van der Waals surface area contributed by atoms with Gasteiger partial charge in [-0.2, -0.15) is 0 Å². The standard InChI is InChI=1S/C16H12BrFN2O3/c1-9-6-10(2-3-11(9)18)12(21)7-20-15(22)8-23-13-4-5-14(17)19-16(13)20/h2-6H,7-8H2,1H3. The highest BCUT2D eigenvalue weighted by Gasteiger charge is 2.29. The number of benzene rings is 1. The Morgan fingerprint density at radius 1 is 1.39 bits per heavy atom. The van der Waals surface area contributed by atoms with Crippen LogP contribution < -0.4 is 9.64 Å². The molecule has 0 aliphatic carbocycles. The second-order valence-electron chi connectivity index (χ2n) is 5.11. The van der Waals surface area contributed by atoms with Crippen molar-refractivity contribution < 1.29 is 18.7 Å². The molecule has 3 rings (SSSR count). The number of halogens is 2. The highest BCUT2D eigenvalue weighted by atomic mass is 79.9. The van der Waals surface area contributed by atoms with Crippen molar-refractivity contribution in [2.24, 2.45) is 0 Å². The molecular weight excluding hydrogens is 367 g/mol. The number of hydrogen-bond acceptors (Lipinski definition) is 4. The molecule has 0 saturated heterocycles. The Labute approximate surface area is 140 Å². The average molecular weight is 379 g/mol. The molecule has 0 atom stereocenters. The molecule has 0 bridgehead atoms. The van der Waals surface area contributed by atoms with Gasteiger partial charge in [-0.3, -0.25) is 14.5 Å². The van der Waals surface area contributed by atoms with Crippen LogP contribution in [0, 0.1) is 12.7 Å². The summed E-state index contributed by atoms with van der Waals surface area (Å²) in [5, 5.41) is 0. The summed E-state index contributed by atoms with van der Waals surface area (Å²) in [6.07, 6.45) is 0. The third kappa shape index (κ3) is 3.10. The number of ketones is 1. The van der Waals surface area contributed by atoms with Gasteiger partial charge in [0.15, 0.2) is 24.0 Å². The number of hydrogen-bond donors (Lipinski definition) is 0. The number of fused-ring (bicyclic) bond motifs is 1. The summed E-state index contributed by atoms with van der Waals surface area (Å²) >= 11 is 3.24. The Bertz CT molecular complexity index is 810. The second-order valence-corrected chi connectivity index (χ2v) is 5.92. The van der Waals surface area contributed by atoms with E-state index in [1.165, 1.54) is 23.1 Å². The molecule has 0 unspecified atom stereocenters. The van der Waals surface area contributed by atoms with E-state index >= 15 is 0 Å². The van der Waals surface area contributed by atoms with E-state index in [1.54, 1.807) is 19.1 Å². The number of nitrogens with zero attached hydrogens (tertiary/aromatic N) is 2. The largest absolute Gasteiger partial charge is 0.480 e. The molecule has 118 valence electrons. The molecule has 0 fully saturated rings. The van der Waals surface area contributed by atoms with E-state index in [1.807, 2.05) is 0 Å². The summed E-state index contributed by atoms with van der Waals surface area (Å²) in [5.41, 5.74) is 0.727. The zero-order valence-electron chi connectivity index (χ0n) is 12.2. The second kappa shape index (κ2) is 6.08. The quantitative estimate of drug-likeness (QED) is 0.608. The van der Waals surface area contributed by atoms with Crippen LogP contribution in [0.15, 0.2) is 34.9 Å². The van der Waals surface area contributed by atoms with Crippen molar-refractivity contribution in [3.05, 3.63) is 51.9 Å². The van der Waals surface area contributed by atoms with E-state index in [-0.39, 0.29) is 30.7 Å². The summed E-state index contributed by atoms with van der Waals surface area (Å²) in [6.45, 7) is 1.26. The Hall–Kier alpha value is -2.28. The molecule has 0 spiro atoms. The number of aromatic nitrogens is 1. The van der Waals surface area contributed by atoms with Gasteiger partial charge >= 0.3 is 0 Å². The number of carbonyl (C=O) groups excluding carboxylic acids is 2. The van der Waals surface area contributed by atoms with Gasteiger partial charge in [0.1, 0.15) is 10.4 Å². The van der Waals surface area contributed by atoms with Crippen molar-refractivity contribution >= 4 is 33.4 Å². The summed E-state index contributed by atoms with van der Waals surface area (Å²) < 4.78 is 19.2. The minimum atomic E-state index is -0.375. The normalized spacial score (nSPS) is 13.5. The van der Waals surface area contributed by atoms with Gasteiger partial charge in [0.25, 0.3) is 5.91 Å². The average Bonchev–Trinajstić information content (AvgIpc) is 2.52. The fourth-order valence-electron chi connectivity index (χ4n) is 2.27. The Morgan fingerprint density at radius 3 is 2.91 bits per heavy atom. The lowest BCUT2D eigenvalue weighted by molar-refractivity contribution is -0.121. The van der Waals surface area contributed by atoms with Gasteiger partial charge in [0, 0.05) is 5.56 Å². The van der Waals surface area contributed by atoms with E-state index in [2.05, 4.69) is 20.9 Å². The maximum absolute atomic E-state index is 13.3. The molecule has 23 heavy (non-hydrogen) atoms. The highest BCUT2D eigenvalue weighted by Crippen LogP contribution is 2.31. The maximum atomic E-state index is 13.3. The van der Waals surface area contributed by atoms with Gasteiger partial charge in [-0.05, 0) is 58.7 Å². The molecule has 0 N–H and O–H groups in total. The first-order valence-electron chi connectivity index (χ1n) is 6.85. The number of carbonyl (C=O) groups is 2. The van der Waals surface area contributed by atoms with Crippen LogP contribution in [0.25, 0.3) is 0 Å². The first-order chi connectivity index (χ1) is 11.0. The van der Waals surface area contributed by atoms with Crippen molar-refractivity contribution in [1.29, 1.82) is 0 Å². The lowest BCUT2D eigenvalue weighted by atomic mass is 10.1. The molecule has 1 aromatic carbocycles. The number of Topliss-reactive ketones (excluding diaryl/α,β-unsaturated/α-hetero) is 1. The Balaban J connectivity index is 1.90. The molecule has 0 saturated carbocycles. The summed E-state index contributed by atoms with van der Waals surface area (Å²) in [6, 6.07) is 7.49. The zero-order valence-corrected chi connectivity index (χ0v) is 13.8. The monoisotopic (exact) mass is 378 g/mol. The molecular formula is C16H12BrFN2O3. The van der Waals surface area contributed by atoms with Crippen LogP contribution in [0.3, 0.4) is 0 Å². The fraction of sp³-hybridized carbons (Fsp3) is 0.188. The van der Waals surface area contributed by atoms with Gasteiger partial charge in [-0.25, -0.2) is 9.37 Å². The van der Waals surface area contributed by atoms with Crippen molar-refractivity contribution in [3.8, 4) is 5.75 Å². The van der Waals surface area contributed by atoms with E-state index in [9.17, 15) is 14.0 Å². The minimum Gasteiger partial charge on any atom is -0.480 e. The first kappa shape index (κ1) is 15.6. The van der Waals surface area contributed by atoms with E-state index in [0.717, 1.165) is 0 Å². The Morgan fingerprint density at radius 2 is 2.17 bits per heavy atom. The van der Waals surface area contributed by atoms with Crippen LogP contribution in [0.1, 0.15) is 15.9 Å². The Kier molecular flexibility index (Phi) is 4.12. The molecule has 7 heteroatoms. The maximum Gasteiger partial charge on any atom is 0.266 e. The van der Waals surface area contributed by atoms with Crippen LogP contribution in [0.5, 0.6) is 5.75 Å². The first-order valence-corrected chi connectivity index (χ1v) is 7.64. The van der Waals surface area contributed by atoms with Crippen LogP contribution in [-0.2, 0) is 4.79 Å². The number of anilines is 1. The molecule has 1 amide bonds. The molecule has 1 aliphatic heterocycles. The third-order valence-corrected chi connectivity index (χ3v) is 3.94. The van der Waals surface area contributed by atoms with E-state index < -0.39 is 0 Å².